The Hall–Kier alpha value is -2.09. The van der Waals surface area contributed by atoms with E-state index in [1.54, 1.807) is 0 Å². The highest BCUT2D eigenvalue weighted by molar-refractivity contribution is 5.78. The molecule has 0 saturated carbocycles. The first kappa shape index (κ1) is 13.9. The van der Waals surface area contributed by atoms with E-state index in [0.29, 0.717) is 12.3 Å². The van der Waals surface area contributed by atoms with Gasteiger partial charge in [0.15, 0.2) is 0 Å². The molecule has 2 nitrogen and oxygen atoms in total. The smallest absolute Gasteiger partial charge is 0.223 e. The van der Waals surface area contributed by atoms with E-state index in [4.69, 9.17) is 0 Å². The predicted octanol–water partition coefficient (Wildman–Crippen LogP) is 3.90. The highest BCUT2D eigenvalue weighted by Gasteiger charge is 2.26. The standard InChI is InChI=1S/C19H21NO/c1-15-7-5-6-10-18(15)14-20-12-11-17(13-19(20)21)16-8-3-2-4-9-16/h2-10,17H,11-14H2,1H3/t17-/m1/s1. The first-order valence-corrected chi connectivity index (χ1v) is 7.61. The maximum absolute atomic E-state index is 12.4. The summed E-state index contributed by atoms with van der Waals surface area (Å²) in [6.45, 7) is 3.70. The molecule has 21 heavy (non-hydrogen) atoms. The van der Waals surface area contributed by atoms with Crippen LogP contribution in [0.25, 0.3) is 0 Å². The van der Waals surface area contributed by atoms with Crippen molar-refractivity contribution in [1.82, 2.24) is 4.90 Å². The Morgan fingerprint density at radius 1 is 1.05 bits per heavy atom. The number of aryl methyl sites for hydroxylation is 1. The van der Waals surface area contributed by atoms with Crippen LogP contribution in [0.5, 0.6) is 0 Å². The second kappa shape index (κ2) is 6.13. The van der Waals surface area contributed by atoms with Gasteiger partial charge in [0.05, 0.1) is 0 Å². The third kappa shape index (κ3) is 3.15. The number of amides is 1. The van der Waals surface area contributed by atoms with E-state index in [2.05, 4.69) is 43.3 Å². The Labute approximate surface area is 126 Å². The van der Waals surface area contributed by atoms with E-state index in [9.17, 15) is 4.79 Å². The topological polar surface area (TPSA) is 20.3 Å². The lowest BCUT2D eigenvalue weighted by Gasteiger charge is -2.32. The summed E-state index contributed by atoms with van der Waals surface area (Å²) in [6.07, 6.45) is 1.69. The number of piperidine rings is 1. The SMILES string of the molecule is Cc1ccccc1CN1CC[C@@H](c2ccccc2)CC1=O. The molecule has 1 amide bonds. The van der Waals surface area contributed by atoms with Crippen LogP contribution < -0.4 is 0 Å². The van der Waals surface area contributed by atoms with Gasteiger partial charge in [0.25, 0.3) is 0 Å². The van der Waals surface area contributed by atoms with Gasteiger partial charge in [-0.2, -0.15) is 0 Å². The Morgan fingerprint density at radius 2 is 1.76 bits per heavy atom. The molecule has 2 aromatic rings. The van der Waals surface area contributed by atoms with Gasteiger partial charge in [0.2, 0.25) is 5.91 Å². The molecule has 1 aliphatic heterocycles. The second-order valence-corrected chi connectivity index (χ2v) is 5.84. The van der Waals surface area contributed by atoms with E-state index >= 15 is 0 Å². The van der Waals surface area contributed by atoms with E-state index in [-0.39, 0.29) is 5.91 Å². The summed E-state index contributed by atoms with van der Waals surface area (Å²) in [5.41, 5.74) is 3.81. The van der Waals surface area contributed by atoms with E-state index in [1.165, 1.54) is 16.7 Å². The molecule has 1 heterocycles. The summed E-state index contributed by atoms with van der Waals surface area (Å²) < 4.78 is 0. The predicted molar refractivity (Wildman–Crippen MR) is 85.0 cm³/mol. The fraction of sp³-hybridized carbons (Fsp3) is 0.316. The molecule has 1 saturated heterocycles. The monoisotopic (exact) mass is 279 g/mol. The zero-order valence-corrected chi connectivity index (χ0v) is 12.5. The molecule has 0 unspecified atom stereocenters. The van der Waals surface area contributed by atoms with Gasteiger partial charge >= 0.3 is 0 Å². The third-order valence-electron chi connectivity index (χ3n) is 4.41. The molecule has 1 atom stereocenters. The fourth-order valence-electron chi connectivity index (χ4n) is 3.05. The van der Waals surface area contributed by atoms with Gasteiger partial charge in [-0.25, -0.2) is 0 Å². The van der Waals surface area contributed by atoms with Crippen molar-refractivity contribution >= 4 is 5.91 Å². The van der Waals surface area contributed by atoms with E-state index < -0.39 is 0 Å². The third-order valence-corrected chi connectivity index (χ3v) is 4.41. The molecule has 0 radical (unpaired) electrons. The summed E-state index contributed by atoms with van der Waals surface area (Å²) in [6, 6.07) is 18.7. The molecule has 0 bridgehead atoms. The summed E-state index contributed by atoms with van der Waals surface area (Å²) in [5.74, 6) is 0.658. The van der Waals surface area contributed by atoms with Crippen LogP contribution in [-0.4, -0.2) is 17.4 Å². The second-order valence-electron chi connectivity index (χ2n) is 5.84. The molecular weight excluding hydrogens is 258 g/mol. The first-order chi connectivity index (χ1) is 10.2. The number of benzene rings is 2. The van der Waals surface area contributed by atoms with Gasteiger partial charge in [-0.3, -0.25) is 4.79 Å². The van der Waals surface area contributed by atoms with Gasteiger partial charge in [0, 0.05) is 19.5 Å². The first-order valence-electron chi connectivity index (χ1n) is 7.61. The van der Waals surface area contributed by atoms with Gasteiger partial charge in [-0.05, 0) is 36.0 Å². The van der Waals surface area contributed by atoms with Gasteiger partial charge in [-0.15, -0.1) is 0 Å². The normalized spacial score (nSPS) is 18.8. The molecule has 0 spiro atoms. The van der Waals surface area contributed by atoms with Gasteiger partial charge in [0.1, 0.15) is 0 Å². The average Bonchev–Trinajstić information content (AvgIpc) is 2.52. The maximum Gasteiger partial charge on any atom is 0.223 e. The van der Waals surface area contributed by atoms with Crippen molar-refractivity contribution < 1.29 is 4.79 Å². The van der Waals surface area contributed by atoms with E-state index in [0.717, 1.165) is 19.5 Å². The van der Waals surface area contributed by atoms with Crippen LogP contribution in [0.4, 0.5) is 0 Å². The Balaban J connectivity index is 1.67. The molecule has 108 valence electrons. The van der Waals surface area contributed by atoms with Gasteiger partial charge in [-0.1, -0.05) is 54.6 Å². The Morgan fingerprint density at radius 3 is 2.48 bits per heavy atom. The zero-order chi connectivity index (χ0) is 14.7. The van der Waals surface area contributed by atoms with Crippen molar-refractivity contribution in [2.45, 2.75) is 32.2 Å². The minimum atomic E-state index is 0.276. The van der Waals surface area contributed by atoms with Crippen LogP contribution >= 0.6 is 0 Å². The Bertz CT molecular complexity index is 620. The number of carbonyl (C=O) groups is 1. The lowest BCUT2D eigenvalue weighted by Crippen LogP contribution is -2.37. The van der Waals surface area contributed by atoms with Crippen LogP contribution in [0.1, 0.15) is 35.4 Å². The number of hydrogen-bond acceptors (Lipinski definition) is 1. The maximum atomic E-state index is 12.4. The largest absolute Gasteiger partial charge is 0.338 e. The highest BCUT2D eigenvalue weighted by Crippen LogP contribution is 2.29. The molecule has 1 aliphatic rings. The van der Waals surface area contributed by atoms with Crippen LogP contribution in [0.2, 0.25) is 0 Å². The van der Waals surface area contributed by atoms with Crippen LogP contribution in [0.15, 0.2) is 54.6 Å². The number of likely N-dealkylation sites (tertiary alicyclic amines) is 1. The lowest BCUT2D eigenvalue weighted by atomic mass is 9.89. The van der Waals surface area contributed by atoms with Crippen molar-refractivity contribution in [1.29, 1.82) is 0 Å². The number of hydrogen-bond donors (Lipinski definition) is 0. The van der Waals surface area contributed by atoms with Crippen LogP contribution in [0, 0.1) is 6.92 Å². The average molecular weight is 279 g/mol. The molecule has 3 rings (SSSR count). The van der Waals surface area contributed by atoms with Gasteiger partial charge < -0.3 is 4.90 Å². The summed E-state index contributed by atoms with van der Waals surface area (Å²) in [7, 11) is 0. The van der Waals surface area contributed by atoms with Crippen molar-refractivity contribution in [2.24, 2.45) is 0 Å². The quantitative estimate of drug-likeness (QED) is 0.834. The van der Waals surface area contributed by atoms with Crippen molar-refractivity contribution in [3.05, 3.63) is 71.3 Å². The molecule has 2 heteroatoms. The molecule has 0 N–H and O–H groups in total. The molecular formula is C19H21NO. The minimum Gasteiger partial charge on any atom is -0.338 e. The minimum absolute atomic E-state index is 0.276. The number of rotatable bonds is 3. The Kier molecular flexibility index (Phi) is 4.05. The van der Waals surface area contributed by atoms with Crippen LogP contribution in [0.3, 0.4) is 0 Å². The lowest BCUT2D eigenvalue weighted by molar-refractivity contribution is -0.134. The molecule has 0 aliphatic carbocycles. The molecule has 0 aromatic heterocycles. The summed E-state index contributed by atoms with van der Waals surface area (Å²) in [5, 5.41) is 0. The van der Waals surface area contributed by atoms with Crippen molar-refractivity contribution in [2.75, 3.05) is 6.54 Å². The van der Waals surface area contributed by atoms with Crippen molar-refractivity contribution in [3.8, 4) is 0 Å². The molecule has 2 aromatic carbocycles. The summed E-state index contributed by atoms with van der Waals surface area (Å²) in [4.78, 5) is 14.4. The van der Waals surface area contributed by atoms with E-state index in [1.807, 2.05) is 23.1 Å². The fourth-order valence-corrected chi connectivity index (χ4v) is 3.05. The number of carbonyl (C=O) groups excluding carboxylic acids is 1. The molecule has 1 fully saturated rings. The highest BCUT2D eigenvalue weighted by atomic mass is 16.2. The zero-order valence-electron chi connectivity index (χ0n) is 12.5. The number of nitrogens with zero attached hydrogens (tertiary/aromatic N) is 1. The van der Waals surface area contributed by atoms with Crippen molar-refractivity contribution in [3.63, 3.8) is 0 Å². The summed E-state index contributed by atoms with van der Waals surface area (Å²) >= 11 is 0. The van der Waals surface area contributed by atoms with Crippen LogP contribution in [-0.2, 0) is 11.3 Å².